The number of rotatable bonds is 5. The van der Waals surface area contributed by atoms with Crippen LogP contribution in [0.2, 0.25) is 0 Å². The van der Waals surface area contributed by atoms with Crippen molar-refractivity contribution in [1.82, 2.24) is 5.32 Å². The number of nitro benzene ring substituents is 1. The van der Waals surface area contributed by atoms with E-state index in [9.17, 15) is 10.1 Å². The van der Waals surface area contributed by atoms with Crippen molar-refractivity contribution in [2.45, 2.75) is 13.5 Å². The maximum absolute atomic E-state index is 11.2. The Morgan fingerprint density at radius 2 is 1.85 bits per heavy atom. The number of ether oxygens (including phenoxy) is 1. The van der Waals surface area contributed by atoms with Crippen molar-refractivity contribution in [1.29, 1.82) is 0 Å². The molecule has 2 rings (SSSR count). The van der Waals surface area contributed by atoms with Crippen LogP contribution in [-0.4, -0.2) is 12.0 Å². The van der Waals surface area contributed by atoms with E-state index in [1.807, 2.05) is 25.2 Å². The molecule has 2 aromatic rings. The van der Waals surface area contributed by atoms with E-state index in [0.29, 0.717) is 17.9 Å². The van der Waals surface area contributed by atoms with E-state index in [1.165, 1.54) is 0 Å². The zero-order valence-corrected chi connectivity index (χ0v) is 11.4. The van der Waals surface area contributed by atoms with E-state index >= 15 is 0 Å². The first-order valence-electron chi connectivity index (χ1n) is 6.28. The van der Waals surface area contributed by atoms with Crippen molar-refractivity contribution in [2.75, 3.05) is 7.05 Å². The van der Waals surface area contributed by atoms with Gasteiger partial charge in [-0.25, -0.2) is 0 Å². The molecule has 0 aromatic heterocycles. The van der Waals surface area contributed by atoms with Crippen LogP contribution in [0.5, 0.6) is 11.5 Å². The Balaban J connectivity index is 2.40. The fourth-order valence-corrected chi connectivity index (χ4v) is 2.01. The summed E-state index contributed by atoms with van der Waals surface area (Å²) in [6.07, 6.45) is 0. The van der Waals surface area contributed by atoms with Crippen LogP contribution >= 0.6 is 0 Å². The van der Waals surface area contributed by atoms with Crippen molar-refractivity contribution in [3.63, 3.8) is 0 Å². The third-order valence-corrected chi connectivity index (χ3v) is 2.94. The lowest BCUT2D eigenvalue weighted by Gasteiger charge is -2.11. The SMILES string of the molecule is CNCc1ccccc1Oc1cccc(C)c1[N+](=O)[O-]. The standard InChI is InChI=1S/C15H16N2O3/c1-11-6-5-9-14(15(11)17(18)19)20-13-8-4-3-7-12(13)10-16-2/h3-9,16H,10H2,1-2H3. The largest absolute Gasteiger partial charge is 0.450 e. The molecule has 1 N–H and O–H groups in total. The Bertz CT molecular complexity index is 626. The first-order chi connectivity index (χ1) is 9.63. The normalized spacial score (nSPS) is 10.3. The highest BCUT2D eigenvalue weighted by molar-refractivity contribution is 5.54. The molecule has 0 atom stereocenters. The van der Waals surface area contributed by atoms with E-state index in [0.717, 1.165) is 5.56 Å². The summed E-state index contributed by atoms with van der Waals surface area (Å²) in [5.74, 6) is 0.883. The highest BCUT2D eigenvalue weighted by Crippen LogP contribution is 2.34. The number of benzene rings is 2. The molecular formula is C15H16N2O3. The summed E-state index contributed by atoms with van der Waals surface area (Å²) in [6.45, 7) is 2.33. The summed E-state index contributed by atoms with van der Waals surface area (Å²) in [4.78, 5) is 10.7. The molecule has 2 aromatic carbocycles. The Morgan fingerprint density at radius 1 is 1.15 bits per heavy atom. The molecule has 0 aliphatic carbocycles. The molecular weight excluding hydrogens is 256 g/mol. The van der Waals surface area contributed by atoms with E-state index in [4.69, 9.17) is 4.74 Å². The van der Waals surface area contributed by atoms with E-state index in [2.05, 4.69) is 5.32 Å². The number of hydrogen-bond acceptors (Lipinski definition) is 4. The molecule has 0 heterocycles. The monoisotopic (exact) mass is 272 g/mol. The van der Waals surface area contributed by atoms with Gasteiger partial charge >= 0.3 is 5.69 Å². The van der Waals surface area contributed by atoms with Gasteiger partial charge in [0.25, 0.3) is 0 Å². The van der Waals surface area contributed by atoms with Crippen molar-refractivity contribution in [3.05, 3.63) is 63.7 Å². The lowest BCUT2D eigenvalue weighted by Crippen LogP contribution is -2.06. The molecule has 0 saturated heterocycles. The van der Waals surface area contributed by atoms with Gasteiger partial charge in [-0.1, -0.05) is 30.3 Å². The van der Waals surface area contributed by atoms with Crippen molar-refractivity contribution < 1.29 is 9.66 Å². The van der Waals surface area contributed by atoms with Gasteiger partial charge in [-0.05, 0) is 26.1 Å². The summed E-state index contributed by atoms with van der Waals surface area (Å²) in [5.41, 5.74) is 1.54. The molecule has 0 unspecified atom stereocenters. The van der Waals surface area contributed by atoms with Crippen LogP contribution in [-0.2, 0) is 6.54 Å². The Labute approximate surface area is 117 Å². The van der Waals surface area contributed by atoms with Crippen molar-refractivity contribution in [3.8, 4) is 11.5 Å². The second kappa shape index (κ2) is 6.16. The molecule has 0 spiro atoms. The summed E-state index contributed by atoms with van der Waals surface area (Å²) in [6, 6.07) is 12.5. The fourth-order valence-electron chi connectivity index (χ4n) is 2.01. The number of nitro groups is 1. The molecule has 0 amide bonds. The lowest BCUT2D eigenvalue weighted by atomic mass is 10.1. The molecule has 0 bridgehead atoms. The van der Waals surface area contributed by atoms with E-state index in [-0.39, 0.29) is 11.4 Å². The van der Waals surface area contributed by atoms with Crippen LogP contribution in [0.15, 0.2) is 42.5 Å². The van der Waals surface area contributed by atoms with Crippen LogP contribution in [0.4, 0.5) is 5.69 Å². The van der Waals surface area contributed by atoms with E-state index in [1.54, 1.807) is 31.2 Å². The van der Waals surface area contributed by atoms with Crippen LogP contribution < -0.4 is 10.1 Å². The van der Waals surface area contributed by atoms with E-state index < -0.39 is 4.92 Å². The van der Waals surface area contributed by atoms with Gasteiger partial charge in [-0.15, -0.1) is 0 Å². The molecule has 5 nitrogen and oxygen atoms in total. The molecule has 5 heteroatoms. The molecule has 0 aliphatic rings. The average molecular weight is 272 g/mol. The van der Waals surface area contributed by atoms with Crippen molar-refractivity contribution >= 4 is 5.69 Å². The molecule has 0 fully saturated rings. The summed E-state index contributed by atoms with van der Waals surface area (Å²) >= 11 is 0. The van der Waals surface area contributed by atoms with Crippen LogP contribution in [0.3, 0.4) is 0 Å². The summed E-state index contributed by atoms with van der Waals surface area (Å²) in [7, 11) is 1.84. The zero-order chi connectivity index (χ0) is 14.5. The molecule has 20 heavy (non-hydrogen) atoms. The highest BCUT2D eigenvalue weighted by Gasteiger charge is 2.19. The number of para-hydroxylation sites is 2. The average Bonchev–Trinajstić information content (AvgIpc) is 2.41. The Kier molecular flexibility index (Phi) is 4.32. The minimum Gasteiger partial charge on any atom is -0.450 e. The van der Waals surface area contributed by atoms with Crippen molar-refractivity contribution in [2.24, 2.45) is 0 Å². The Hall–Kier alpha value is -2.40. The second-order valence-corrected chi connectivity index (χ2v) is 4.42. The minimum absolute atomic E-state index is 0.00626. The number of hydrogen-bond donors (Lipinski definition) is 1. The third-order valence-electron chi connectivity index (χ3n) is 2.94. The predicted molar refractivity (Wildman–Crippen MR) is 77.1 cm³/mol. The summed E-state index contributed by atoms with van der Waals surface area (Å²) < 4.78 is 5.75. The molecule has 0 aliphatic heterocycles. The van der Waals surface area contributed by atoms with Gasteiger partial charge in [0, 0.05) is 17.7 Å². The van der Waals surface area contributed by atoms with Gasteiger partial charge < -0.3 is 10.1 Å². The van der Waals surface area contributed by atoms with Crippen LogP contribution in [0.25, 0.3) is 0 Å². The Morgan fingerprint density at radius 3 is 2.55 bits per heavy atom. The smallest absolute Gasteiger partial charge is 0.314 e. The zero-order valence-electron chi connectivity index (χ0n) is 11.4. The number of aryl methyl sites for hydroxylation is 1. The van der Waals surface area contributed by atoms with Gasteiger partial charge in [0.1, 0.15) is 5.75 Å². The maximum atomic E-state index is 11.2. The molecule has 104 valence electrons. The number of nitrogens with one attached hydrogen (secondary N) is 1. The third kappa shape index (κ3) is 2.95. The first kappa shape index (κ1) is 14.0. The van der Waals surface area contributed by atoms with Gasteiger partial charge in [0.2, 0.25) is 5.75 Å². The van der Waals surface area contributed by atoms with Gasteiger partial charge in [0.05, 0.1) is 4.92 Å². The van der Waals surface area contributed by atoms with Gasteiger partial charge in [-0.2, -0.15) is 0 Å². The fraction of sp³-hybridized carbons (Fsp3) is 0.200. The topological polar surface area (TPSA) is 64.4 Å². The predicted octanol–water partition coefficient (Wildman–Crippen LogP) is 3.41. The minimum atomic E-state index is -0.411. The van der Waals surface area contributed by atoms with Crippen LogP contribution in [0.1, 0.15) is 11.1 Å². The summed E-state index contributed by atoms with van der Waals surface area (Å²) in [5, 5.41) is 14.2. The highest BCUT2D eigenvalue weighted by atomic mass is 16.6. The quantitative estimate of drug-likeness (QED) is 0.669. The van der Waals surface area contributed by atoms with Crippen LogP contribution in [0, 0.1) is 17.0 Å². The van der Waals surface area contributed by atoms with Gasteiger partial charge in [-0.3, -0.25) is 10.1 Å². The second-order valence-electron chi connectivity index (χ2n) is 4.42. The maximum Gasteiger partial charge on any atom is 0.314 e. The number of nitrogens with zero attached hydrogens (tertiary/aromatic N) is 1. The first-order valence-corrected chi connectivity index (χ1v) is 6.28. The van der Waals surface area contributed by atoms with Gasteiger partial charge in [0.15, 0.2) is 0 Å². The molecule has 0 radical (unpaired) electrons. The lowest BCUT2D eigenvalue weighted by molar-refractivity contribution is -0.386. The molecule has 0 saturated carbocycles.